The number of nitrogens with one attached hydrogen (secondary N) is 1. The molecule has 2 fully saturated rings. The van der Waals surface area contributed by atoms with E-state index >= 15 is 0 Å². The van der Waals surface area contributed by atoms with Crippen LogP contribution < -0.4 is 5.32 Å². The van der Waals surface area contributed by atoms with Crippen molar-refractivity contribution in [3.05, 3.63) is 0 Å². The SMILES string of the molecule is CC(C)(C(=O)O)C1CCCN(C(=O)NCCC2CCC2)C1. The molecule has 1 aliphatic heterocycles. The third kappa shape index (κ3) is 3.89. The third-order valence-corrected chi connectivity index (χ3v) is 5.33. The van der Waals surface area contributed by atoms with E-state index in [1.54, 1.807) is 18.7 Å². The van der Waals surface area contributed by atoms with Gasteiger partial charge in [0.25, 0.3) is 0 Å². The zero-order valence-corrected chi connectivity index (χ0v) is 13.2. The monoisotopic (exact) mass is 296 g/mol. The first-order valence-corrected chi connectivity index (χ1v) is 8.17. The summed E-state index contributed by atoms with van der Waals surface area (Å²) in [6, 6.07) is -0.0276. The van der Waals surface area contributed by atoms with E-state index in [1.165, 1.54) is 19.3 Å². The van der Waals surface area contributed by atoms with Crippen molar-refractivity contribution in [2.45, 2.75) is 52.4 Å². The lowest BCUT2D eigenvalue weighted by atomic mass is 9.74. The number of hydrogen-bond donors (Lipinski definition) is 2. The highest BCUT2D eigenvalue weighted by atomic mass is 16.4. The minimum Gasteiger partial charge on any atom is -0.481 e. The number of carbonyl (C=O) groups is 2. The Bertz CT molecular complexity index is 391. The van der Waals surface area contributed by atoms with Gasteiger partial charge in [-0.15, -0.1) is 0 Å². The molecule has 2 aliphatic rings. The van der Waals surface area contributed by atoms with Crippen LogP contribution in [0, 0.1) is 17.3 Å². The minimum atomic E-state index is -0.778. The zero-order valence-electron chi connectivity index (χ0n) is 13.2. The van der Waals surface area contributed by atoms with Crippen molar-refractivity contribution in [2.75, 3.05) is 19.6 Å². The quantitative estimate of drug-likeness (QED) is 0.819. The number of carboxylic acids is 1. The normalized spacial score (nSPS) is 23.5. The van der Waals surface area contributed by atoms with Gasteiger partial charge in [0, 0.05) is 19.6 Å². The van der Waals surface area contributed by atoms with Gasteiger partial charge in [-0.3, -0.25) is 4.79 Å². The Hall–Kier alpha value is -1.26. The van der Waals surface area contributed by atoms with E-state index < -0.39 is 11.4 Å². The highest BCUT2D eigenvalue weighted by Crippen LogP contribution is 2.34. The largest absolute Gasteiger partial charge is 0.481 e. The number of hydrogen-bond acceptors (Lipinski definition) is 2. The number of amides is 2. The molecule has 1 atom stereocenters. The lowest BCUT2D eigenvalue weighted by Gasteiger charge is -2.39. The second kappa shape index (κ2) is 6.67. The number of carboxylic acid groups (broad SMARTS) is 1. The highest BCUT2D eigenvalue weighted by Gasteiger charge is 2.39. The molecular formula is C16H28N2O3. The predicted octanol–water partition coefficient (Wildman–Crippen LogP) is 2.71. The van der Waals surface area contributed by atoms with Crippen LogP contribution in [0.2, 0.25) is 0 Å². The Morgan fingerprint density at radius 1 is 1.24 bits per heavy atom. The summed E-state index contributed by atoms with van der Waals surface area (Å²) in [5.74, 6) is 0.0474. The van der Waals surface area contributed by atoms with Crippen molar-refractivity contribution in [3.63, 3.8) is 0 Å². The molecule has 0 radical (unpaired) electrons. The van der Waals surface area contributed by atoms with Gasteiger partial charge in [-0.1, -0.05) is 19.3 Å². The first-order valence-electron chi connectivity index (χ1n) is 8.17. The summed E-state index contributed by atoms with van der Waals surface area (Å²) < 4.78 is 0. The Labute approximate surface area is 127 Å². The zero-order chi connectivity index (χ0) is 15.5. The van der Waals surface area contributed by atoms with Crippen molar-refractivity contribution in [2.24, 2.45) is 17.3 Å². The fraction of sp³-hybridized carbons (Fsp3) is 0.875. The van der Waals surface area contributed by atoms with Gasteiger partial charge in [-0.05, 0) is 44.9 Å². The van der Waals surface area contributed by atoms with Crippen molar-refractivity contribution in [1.29, 1.82) is 0 Å². The first kappa shape index (κ1) is 16.1. The summed E-state index contributed by atoms with van der Waals surface area (Å²) in [5, 5.41) is 12.3. The number of nitrogens with zero attached hydrogens (tertiary/aromatic N) is 1. The molecule has 2 rings (SSSR count). The van der Waals surface area contributed by atoms with Gasteiger partial charge in [-0.25, -0.2) is 4.79 Å². The van der Waals surface area contributed by atoms with Crippen molar-refractivity contribution >= 4 is 12.0 Å². The van der Waals surface area contributed by atoms with E-state index in [0.717, 1.165) is 38.3 Å². The second-order valence-corrected chi connectivity index (χ2v) is 7.13. The number of piperidine rings is 1. The summed E-state index contributed by atoms with van der Waals surface area (Å²) in [5.41, 5.74) is -0.773. The van der Waals surface area contributed by atoms with Gasteiger partial charge in [0.05, 0.1) is 5.41 Å². The molecule has 1 unspecified atom stereocenters. The van der Waals surface area contributed by atoms with E-state index in [-0.39, 0.29) is 11.9 Å². The van der Waals surface area contributed by atoms with E-state index in [9.17, 15) is 14.7 Å². The third-order valence-electron chi connectivity index (χ3n) is 5.33. The van der Waals surface area contributed by atoms with Crippen molar-refractivity contribution in [3.8, 4) is 0 Å². The van der Waals surface area contributed by atoms with Gasteiger partial charge < -0.3 is 15.3 Å². The minimum absolute atomic E-state index is 0.0276. The molecule has 1 heterocycles. The van der Waals surface area contributed by atoms with Crippen LogP contribution in [0.5, 0.6) is 0 Å². The van der Waals surface area contributed by atoms with Crippen LogP contribution in [0.15, 0.2) is 0 Å². The lowest BCUT2D eigenvalue weighted by Crippen LogP contribution is -2.50. The Balaban J connectivity index is 1.79. The summed E-state index contributed by atoms with van der Waals surface area (Å²) in [7, 11) is 0. The van der Waals surface area contributed by atoms with Crippen LogP contribution in [0.4, 0.5) is 4.79 Å². The van der Waals surface area contributed by atoms with Crippen LogP contribution in [0.25, 0.3) is 0 Å². The maximum atomic E-state index is 12.2. The number of carbonyl (C=O) groups excluding carboxylic acids is 1. The fourth-order valence-electron chi connectivity index (χ4n) is 3.20. The molecular weight excluding hydrogens is 268 g/mol. The molecule has 0 aromatic heterocycles. The van der Waals surface area contributed by atoms with Crippen LogP contribution in [-0.4, -0.2) is 41.6 Å². The molecule has 120 valence electrons. The molecule has 1 aliphatic carbocycles. The molecule has 5 nitrogen and oxygen atoms in total. The first-order chi connectivity index (χ1) is 9.91. The molecule has 0 aromatic carbocycles. The fourth-order valence-corrected chi connectivity index (χ4v) is 3.20. The van der Waals surface area contributed by atoms with E-state index in [1.807, 2.05) is 0 Å². The van der Waals surface area contributed by atoms with Crippen LogP contribution in [0.3, 0.4) is 0 Å². The summed E-state index contributed by atoms with van der Waals surface area (Å²) in [6.45, 7) is 5.55. The molecule has 0 spiro atoms. The lowest BCUT2D eigenvalue weighted by molar-refractivity contribution is -0.151. The standard InChI is InChI=1S/C16H28N2O3/c1-16(2,14(19)20)13-7-4-10-18(11-13)15(21)17-9-8-12-5-3-6-12/h12-13H,3-11H2,1-2H3,(H,17,21)(H,19,20). The second-order valence-electron chi connectivity index (χ2n) is 7.13. The number of aliphatic carboxylic acids is 1. The van der Waals surface area contributed by atoms with Crippen molar-refractivity contribution in [1.82, 2.24) is 10.2 Å². The van der Waals surface area contributed by atoms with Crippen LogP contribution in [0.1, 0.15) is 52.4 Å². The van der Waals surface area contributed by atoms with E-state index in [4.69, 9.17) is 0 Å². The van der Waals surface area contributed by atoms with E-state index in [0.29, 0.717) is 6.54 Å². The predicted molar refractivity (Wildman–Crippen MR) is 81.1 cm³/mol. The maximum absolute atomic E-state index is 12.2. The summed E-state index contributed by atoms with van der Waals surface area (Å²) >= 11 is 0. The molecule has 1 saturated carbocycles. The number of urea groups is 1. The molecule has 0 bridgehead atoms. The van der Waals surface area contributed by atoms with E-state index in [2.05, 4.69) is 5.32 Å². The average Bonchev–Trinajstić information content (AvgIpc) is 2.41. The summed E-state index contributed by atoms with van der Waals surface area (Å²) in [6.07, 6.45) is 6.77. The molecule has 2 amide bonds. The van der Waals surface area contributed by atoms with Crippen LogP contribution >= 0.6 is 0 Å². The average molecular weight is 296 g/mol. The van der Waals surface area contributed by atoms with Gasteiger partial charge in [-0.2, -0.15) is 0 Å². The number of likely N-dealkylation sites (tertiary alicyclic amines) is 1. The Morgan fingerprint density at radius 3 is 2.52 bits per heavy atom. The summed E-state index contributed by atoms with van der Waals surface area (Å²) in [4.78, 5) is 25.4. The highest BCUT2D eigenvalue weighted by molar-refractivity contribution is 5.76. The topological polar surface area (TPSA) is 69.6 Å². The van der Waals surface area contributed by atoms with Gasteiger partial charge in [0.2, 0.25) is 0 Å². The molecule has 0 aromatic rings. The molecule has 21 heavy (non-hydrogen) atoms. The van der Waals surface area contributed by atoms with Gasteiger partial charge >= 0.3 is 12.0 Å². The molecule has 1 saturated heterocycles. The van der Waals surface area contributed by atoms with Gasteiger partial charge in [0.15, 0.2) is 0 Å². The smallest absolute Gasteiger partial charge is 0.317 e. The Morgan fingerprint density at radius 2 is 1.95 bits per heavy atom. The molecule has 5 heteroatoms. The Kier molecular flexibility index (Phi) is 5.12. The van der Waals surface area contributed by atoms with Crippen LogP contribution in [-0.2, 0) is 4.79 Å². The van der Waals surface area contributed by atoms with Crippen molar-refractivity contribution < 1.29 is 14.7 Å². The number of rotatable bonds is 5. The molecule has 2 N–H and O–H groups in total. The maximum Gasteiger partial charge on any atom is 0.317 e. The van der Waals surface area contributed by atoms with Gasteiger partial charge in [0.1, 0.15) is 0 Å².